The van der Waals surface area contributed by atoms with Crippen LogP contribution in [0.4, 0.5) is 0 Å². The van der Waals surface area contributed by atoms with Crippen molar-refractivity contribution in [2.75, 3.05) is 64.1 Å². The van der Waals surface area contributed by atoms with Crippen LogP contribution in [0.1, 0.15) is 123 Å². The van der Waals surface area contributed by atoms with Gasteiger partial charge in [-0.15, -0.1) is 0 Å². The Balaban J connectivity index is 1.38. The number of nitrogens with one attached hydrogen (secondary N) is 17. The van der Waals surface area contributed by atoms with Crippen LogP contribution in [0.15, 0.2) is 73.4 Å². The quantitative estimate of drug-likeness (QED) is 0.00745. The molecule has 0 saturated heterocycles. The Kier molecular flexibility index (Phi) is 46.7. The minimum Gasteiger partial charge on any atom is -0.481 e. The van der Waals surface area contributed by atoms with Crippen LogP contribution in [0.5, 0.6) is 0 Å². The number of carboxylic acid groups (broad SMARTS) is 1. The molecule has 49 heteroatoms. The summed E-state index contributed by atoms with van der Waals surface area (Å²) in [5, 5.41) is 65.2. The van der Waals surface area contributed by atoms with E-state index in [1.165, 1.54) is 32.6 Å². The molecule has 15 atom stereocenters. The SMILES string of the molecule is CC[C@H](C)[C@H](NC(C)=O)C(=O)N[C@@H](CS)C(=O)N[C@H](C(=O)N[C@@H](Cc1cn(C)c2ccccc12)C(=O)N[C@@H](CCC(N)=O)C(=O)N[C@@H](CC(=O)O)C(=O)N[C@@H](Cc1c[nH]c2ccccc12)C(=O)NCC(=O)N[C@@H](C)C(=O)N[C@@H](Cc1c[nH]cn1)C(=O)N[C@@H](CCCNC(=N)N)C(=O)N[C@@H](CS)C(=O)N[C@H](C(=O)N(C(=O)COCCOCCN)[C@@H](CCCCN)C(N)=O)[C@@H](C)O)C(C)C. The van der Waals surface area contributed by atoms with Crippen molar-refractivity contribution in [2.45, 2.75) is 210 Å². The average Bonchev–Trinajstić information content (AvgIpc) is 1.60. The lowest BCUT2D eigenvalue weighted by molar-refractivity contribution is -0.158. The van der Waals surface area contributed by atoms with E-state index in [-0.39, 0.29) is 102 Å². The van der Waals surface area contributed by atoms with Crippen molar-refractivity contribution in [1.29, 1.82) is 5.41 Å². The number of aromatic nitrogens is 4. The zero-order chi connectivity index (χ0) is 98.9. The van der Waals surface area contributed by atoms with Crippen LogP contribution in [0.3, 0.4) is 0 Å². The molecule has 0 unspecified atom stereocenters. The van der Waals surface area contributed by atoms with Crippen LogP contribution in [0.25, 0.3) is 21.8 Å². The summed E-state index contributed by atoms with van der Waals surface area (Å²) in [6.07, 6.45) is 1.21. The van der Waals surface area contributed by atoms with Crippen molar-refractivity contribution < 1.29 is 106 Å². The highest BCUT2D eigenvalue weighted by Crippen LogP contribution is 2.24. The van der Waals surface area contributed by atoms with Crippen LogP contribution < -0.4 is 103 Å². The van der Waals surface area contributed by atoms with Crippen LogP contribution in [0, 0.1) is 17.2 Å². The normalized spacial score (nSPS) is 14.6. The minimum atomic E-state index is -2.10. The maximum atomic E-state index is 15.0. The number of aliphatic hydroxyl groups is 1. The van der Waals surface area contributed by atoms with Gasteiger partial charge in [-0.3, -0.25) is 96.6 Å². The molecule has 0 saturated carbocycles. The number of unbranched alkanes of at least 4 members (excludes halogenated alkanes) is 1. The first-order chi connectivity index (χ1) is 63.1. The number of carbonyl (C=O) groups is 18. The molecule has 0 spiro atoms. The molecule has 732 valence electrons. The molecular formula is C84H127N25O22S2. The molecule has 17 amide bonds. The first-order valence-corrected chi connectivity index (χ1v) is 44.5. The van der Waals surface area contributed by atoms with Crippen molar-refractivity contribution in [2.24, 2.45) is 47.6 Å². The fourth-order valence-electron chi connectivity index (χ4n) is 13.9. The third-order valence-corrected chi connectivity index (χ3v) is 22.0. The standard InChI is InChI=1S/C84H127N25O22S2/c1-9-44(4)69(97-47(7)111)82(128)105-61(41-133)79(125)106-68(43(2)3)81(127)103-57(32-49-38-108(8)62-21-13-11-18-52(49)62)76(122)99-55(23-24-64(87)112)75(121)102-59(34-67(115)116)78(124)101-56(31-48-35-93-53-19-12-10-17-51(48)53)73(119)94-37-65(113)96-45(5)72(118)100-58(33-50-36-91-42-95-50)77(123)98-54(20-16-27-92-84(89)90)74(120)104-60(40-132)80(126)107-70(46(6)110)83(129)109(63(71(88)117)22-14-15-25-85)66(114)39-131-30-29-130-28-26-86/h10-13,17-19,21,35-36,38,42-46,54-61,63,68-70,93,110,132-133H,9,14-16,20,22-34,37,39-41,85-86H2,1-8H3,(H2,87,112)(H2,88,117)(H,91,95)(H,94,119)(H,96,113)(H,97,111)(H,98,123)(H,99,122)(H,100,118)(H,101,124)(H,102,121)(H,103,127)(H,104,120)(H,105,128)(H,106,125)(H,107,126)(H,115,116)(H4,89,90,92)/t44-,45-,46+,54-,55-,56-,57-,58-,59-,60-,61-,63-,68-,69-,70-/m0/s1. The van der Waals surface area contributed by atoms with E-state index >= 15 is 4.79 Å². The average molecular weight is 1900 g/mol. The number of primary amides is 2. The molecule has 0 radical (unpaired) electrons. The number of imide groups is 1. The second-order valence-corrected chi connectivity index (χ2v) is 32.8. The number of thiol groups is 2. The van der Waals surface area contributed by atoms with Crippen molar-refractivity contribution in [3.63, 3.8) is 0 Å². The smallest absolute Gasteiger partial charge is 0.305 e. The second-order valence-electron chi connectivity index (χ2n) is 32.0. The van der Waals surface area contributed by atoms with Gasteiger partial charge in [0.25, 0.3) is 11.8 Å². The van der Waals surface area contributed by atoms with Gasteiger partial charge in [0, 0.05) is 105 Å². The van der Waals surface area contributed by atoms with Gasteiger partial charge in [-0.05, 0) is 94.0 Å². The monoisotopic (exact) mass is 1900 g/mol. The van der Waals surface area contributed by atoms with Crippen LogP contribution in [-0.4, -0.2) is 296 Å². The number of aryl methyl sites for hydroxylation is 1. The predicted molar refractivity (Wildman–Crippen MR) is 490 cm³/mol. The Hall–Kier alpha value is -12.8. The summed E-state index contributed by atoms with van der Waals surface area (Å²) in [5.74, 6) is -21.5. The molecule has 3 heterocycles. The number of fused-ring (bicyclic) bond motifs is 2. The molecule has 3 aromatic heterocycles. The van der Waals surface area contributed by atoms with Gasteiger partial charge in [0.05, 0.1) is 50.9 Å². The maximum absolute atomic E-state index is 15.0. The maximum Gasteiger partial charge on any atom is 0.305 e. The fourth-order valence-corrected chi connectivity index (χ4v) is 14.4. The lowest BCUT2D eigenvalue weighted by Gasteiger charge is -2.33. The highest BCUT2D eigenvalue weighted by atomic mass is 32.1. The van der Waals surface area contributed by atoms with Crippen LogP contribution in [0.2, 0.25) is 0 Å². The number of carbonyl (C=O) groups excluding carboxylic acids is 17. The Labute approximate surface area is 778 Å². The molecular weight excluding hydrogens is 1780 g/mol. The van der Waals surface area contributed by atoms with E-state index in [0.717, 1.165) is 6.92 Å². The first-order valence-electron chi connectivity index (χ1n) is 43.2. The summed E-state index contributed by atoms with van der Waals surface area (Å²) >= 11 is 8.55. The third kappa shape index (κ3) is 36.0. The van der Waals surface area contributed by atoms with Crippen LogP contribution >= 0.6 is 25.3 Å². The largest absolute Gasteiger partial charge is 0.481 e. The van der Waals surface area contributed by atoms with Gasteiger partial charge < -0.3 is 137 Å². The molecule has 0 aliphatic rings. The highest BCUT2D eigenvalue weighted by Gasteiger charge is 2.43. The number of benzene rings is 2. The van der Waals surface area contributed by atoms with Gasteiger partial charge in [0.2, 0.25) is 88.6 Å². The van der Waals surface area contributed by atoms with E-state index in [2.05, 4.69) is 115 Å². The number of nitrogens with two attached hydrogens (primary N) is 5. The zero-order valence-corrected chi connectivity index (χ0v) is 77.2. The lowest BCUT2D eigenvalue weighted by atomic mass is 9.97. The number of H-pyrrole nitrogens is 2. The fraction of sp³-hybridized carbons (Fsp3) is 0.548. The molecule has 5 aromatic rings. The highest BCUT2D eigenvalue weighted by molar-refractivity contribution is 7.80. The number of carboxylic acids is 1. The first kappa shape index (κ1) is 111. The van der Waals surface area contributed by atoms with Crippen molar-refractivity contribution in [3.8, 4) is 0 Å². The Morgan fingerprint density at radius 2 is 1.09 bits per heavy atom. The molecule has 5 rings (SSSR count). The summed E-state index contributed by atoms with van der Waals surface area (Å²) in [6, 6.07) is -7.39. The molecule has 133 heavy (non-hydrogen) atoms. The van der Waals surface area contributed by atoms with E-state index in [4.69, 9.17) is 43.6 Å². The Morgan fingerprint density at radius 1 is 0.556 bits per heavy atom. The van der Waals surface area contributed by atoms with Gasteiger partial charge in [-0.1, -0.05) is 70.5 Å². The van der Waals surface area contributed by atoms with Crippen molar-refractivity contribution in [3.05, 3.63) is 90.3 Å². The number of hydrogen-bond acceptors (Lipinski definition) is 27. The Morgan fingerprint density at radius 3 is 1.67 bits per heavy atom. The van der Waals surface area contributed by atoms with E-state index < -0.39 is 241 Å². The van der Waals surface area contributed by atoms with Crippen LogP contribution in [-0.2, 0) is 122 Å². The number of aromatic amines is 2. The lowest BCUT2D eigenvalue weighted by Crippen LogP contribution is -2.63. The predicted octanol–water partition coefficient (Wildman–Crippen LogP) is -6.34. The van der Waals surface area contributed by atoms with Gasteiger partial charge in [-0.25, -0.2) is 4.98 Å². The zero-order valence-electron chi connectivity index (χ0n) is 75.4. The number of aliphatic hydroxyl groups excluding tert-OH is 1. The van der Waals surface area contributed by atoms with E-state index in [1.807, 2.05) is 0 Å². The summed E-state index contributed by atoms with van der Waals surface area (Å²) in [7, 11) is 1.73. The molecule has 0 aliphatic carbocycles. The summed E-state index contributed by atoms with van der Waals surface area (Å²) < 4.78 is 12.4. The minimum absolute atomic E-state index is 0.000924. The molecule has 0 bridgehead atoms. The molecule has 2 aromatic carbocycles. The molecule has 47 nitrogen and oxygen atoms in total. The van der Waals surface area contributed by atoms with Crippen molar-refractivity contribution in [1.82, 2.24) is 98.9 Å². The van der Waals surface area contributed by atoms with E-state index in [9.17, 15) is 91.7 Å². The number of hydrogen-bond donors (Lipinski definition) is 26. The topological polar surface area (TPSA) is 741 Å². The summed E-state index contributed by atoms with van der Waals surface area (Å²) in [5.41, 5.74) is 30.3. The number of amides is 17. The number of guanidine groups is 1. The number of aliphatic carboxylic acids is 1. The second kappa shape index (κ2) is 56.1. The Bertz CT molecular complexity index is 4840. The van der Waals surface area contributed by atoms with Gasteiger partial charge >= 0.3 is 5.97 Å². The van der Waals surface area contributed by atoms with Gasteiger partial charge in [-0.2, -0.15) is 25.3 Å². The molecule has 29 N–H and O–H groups in total. The van der Waals surface area contributed by atoms with Gasteiger partial charge in [0.1, 0.15) is 85.2 Å². The van der Waals surface area contributed by atoms with E-state index in [0.29, 0.717) is 50.7 Å². The number of imidazole rings is 1. The third-order valence-electron chi connectivity index (χ3n) is 21.2. The van der Waals surface area contributed by atoms with Crippen molar-refractivity contribution >= 4 is 159 Å². The summed E-state index contributed by atoms with van der Waals surface area (Å²) in [4.78, 5) is 262. The summed E-state index contributed by atoms with van der Waals surface area (Å²) in [6.45, 7) is 8.85. The number of nitrogens with zero attached hydrogens (tertiary/aromatic N) is 3. The number of para-hydroxylation sites is 2. The number of ether oxygens (including phenoxy) is 2. The van der Waals surface area contributed by atoms with E-state index in [1.54, 1.807) is 94.0 Å². The molecule has 0 aliphatic heterocycles. The number of rotatable bonds is 60. The molecule has 0 fully saturated rings. The van der Waals surface area contributed by atoms with Gasteiger partial charge in [0.15, 0.2) is 5.96 Å².